The minimum Gasteiger partial charge on any atom is -0.480 e. The van der Waals surface area contributed by atoms with E-state index in [4.69, 9.17) is 10.8 Å². The van der Waals surface area contributed by atoms with E-state index < -0.39 is 23.9 Å². The van der Waals surface area contributed by atoms with Gasteiger partial charge in [-0.25, -0.2) is 9.59 Å². The standard InChI is InChI=1S/C11H20N4O5/c1-13-9(17)5-6-15(2)11(20)14-7(10(18)19)3-4-8(12)16/h7H,3-6H2,1-2H3,(H2,12,16)(H,13,17)(H,14,20)(H,18,19). The SMILES string of the molecule is CNC(=O)CCN(C)C(=O)NC(CCC(N)=O)C(=O)O. The second-order valence-corrected chi connectivity index (χ2v) is 4.19. The molecule has 0 heterocycles. The Labute approximate surface area is 116 Å². The molecule has 9 heteroatoms. The van der Waals surface area contributed by atoms with Gasteiger partial charge in [-0.3, -0.25) is 9.59 Å². The van der Waals surface area contributed by atoms with Gasteiger partial charge in [-0.2, -0.15) is 0 Å². The molecule has 0 spiro atoms. The Kier molecular flexibility index (Phi) is 7.71. The quantitative estimate of drug-likeness (QED) is 0.429. The zero-order valence-corrected chi connectivity index (χ0v) is 11.5. The molecule has 0 aliphatic carbocycles. The van der Waals surface area contributed by atoms with Gasteiger partial charge in [0.05, 0.1) is 0 Å². The van der Waals surface area contributed by atoms with Crippen LogP contribution in [0.3, 0.4) is 0 Å². The van der Waals surface area contributed by atoms with Crippen molar-refractivity contribution in [2.75, 3.05) is 20.6 Å². The number of nitrogens with zero attached hydrogens (tertiary/aromatic N) is 1. The van der Waals surface area contributed by atoms with Gasteiger partial charge in [0.15, 0.2) is 0 Å². The summed E-state index contributed by atoms with van der Waals surface area (Å²) in [6.45, 7) is 0.146. The lowest BCUT2D eigenvalue weighted by Gasteiger charge is -2.20. The van der Waals surface area contributed by atoms with Crippen LogP contribution in [0.25, 0.3) is 0 Å². The number of carboxylic acid groups (broad SMARTS) is 1. The summed E-state index contributed by atoms with van der Waals surface area (Å²) in [4.78, 5) is 45.5. The molecule has 0 saturated carbocycles. The molecule has 0 aliphatic rings. The number of nitrogens with one attached hydrogen (secondary N) is 2. The molecule has 4 amide bonds. The fraction of sp³-hybridized carbons (Fsp3) is 0.636. The molecule has 0 aromatic rings. The summed E-state index contributed by atoms with van der Waals surface area (Å²) in [6.07, 6.45) is -0.113. The predicted molar refractivity (Wildman–Crippen MR) is 69.7 cm³/mol. The predicted octanol–water partition coefficient (Wildman–Crippen LogP) is -1.52. The molecule has 0 aromatic heterocycles. The number of aliphatic carboxylic acids is 1. The summed E-state index contributed by atoms with van der Waals surface area (Å²) < 4.78 is 0. The molecule has 1 atom stereocenters. The number of hydrogen-bond acceptors (Lipinski definition) is 4. The van der Waals surface area contributed by atoms with Crippen molar-refractivity contribution in [2.45, 2.75) is 25.3 Å². The monoisotopic (exact) mass is 288 g/mol. The van der Waals surface area contributed by atoms with Crippen LogP contribution >= 0.6 is 0 Å². The Morgan fingerprint density at radius 1 is 1.25 bits per heavy atom. The van der Waals surface area contributed by atoms with E-state index in [1.807, 2.05) is 0 Å². The molecule has 0 bridgehead atoms. The van der Waals surface area contributed by atoms with Crippen LogP contribution < -0.4 is 16.4 Å². The van der Waals surface area contributed by atoms with Gasteiger partial charge in [-0.1, -0.05) is 0 Å². The molecular formula is C11H20N4O5. The Balaban J connectivity index is 4.33. The van der Waals surface area contributed by atoms with Gasteiger partial charge in [-0.05, 0) is 6.42 Å². The maximum Gasteiger partial charge on any atom is 0.326 e. The second kappa shape index (κ2) is 8.73. The van der Waals surface area contributed by atoms with Crippen molar-refractivity contribution in [3.05, 3.63) is 0 Å². The zero-order chi connectivity index (χ0) is 15.7. The van der Waals surface area contributed by atoms with Crippen LogP contribution in [0.2, 0.25) is 0 Å². The number of carboxylic acids is 1. The van der Waals surface area contributed by atoms with Crippen LogP contribution in [0.1, 0.15) is 19.3 Å². The number of carbonyl (C=O) groups excluding carboxylic acids is 3. The van der Waals surface area contributed by atoms with Crippen molar-refractivity contribution in [2.24, 2.45) is 5.73 Å². The van der Waals surface area contributed by atoms with Crippen LogP contribution in [0.5, 0.6) is 0 Å². The van der Waals surface area contributed by atoms with E-state index >= 15 is 0 Å². The Morgan fingerprint density at radius 3 is 2.30 bits per heavy atom. The van der Waals surface area contributed by atoms with Crippen molar-refractivity contribution in [3.8, 4) is 0 Å². The Bertz CT molecular complexity index is 385. The molecule has 0 radical (unpaired) electrons. The summed E-state index contributed by atoms with van der Waals surface area (Å²) in [6, 6.07) is -1.83. The van der Waals surface area contributed by atoms with Gasteiger partial charge >= 0.3 is 12.0 Å². The molecule has 0 aromatic carbocycles. The number of primary amides is 1. The maximum absolute atomic E-state index is 11.7. The van der Waals surface area contributed by atoms with E-state index in [0.717, 1.165) is 0 Å². The molecule has 1 unspecified atom stereocenters. The highest BCUT2D eigenvalue weighted by Gasteiger charge is 2.22. The number of rotatable bonds is 8. The minimum absolute atomic E-state index is 0.0836. The number of amides is 4. The van der Waals surface area contributed by atoms with E-state index in [0.29, 0.717) is 0 Å². The summed E-state index contributed by atoms with van der Waals surface area (Å²) in [7, 11) is 2.91. The first-order valence-electron chi connectivity index (χ1n) is 6.01. The molecule has 114 valence electrons. The first-order valence-corrected chi connectivity index (χ1v) is 6.01. The van der Waals surface area contributed by atoms with Gasteiger partial charge in [0.25, 0.3) is 0 Å². The van der Waals surface area contributed by atoms with E-state index in [1.54, 1.807) is 0 Å². The molecule has 5 N–H and O–H groups in total. The third-order valence-corrected chi connectivity index (χ3v) is 2.58. The van der Waals surface area contributed by atoms with Crippen molar-refractivity contribution in [1.82, 2.24) is 15.5 Å². The van der Waals surface area contributed by atoms with Crippen molar-refractivity contribution >= 4 is 23.8 Å². The summed E-state index contributed by atoms with van der Waals surface area (Å²) in [5, 5.41) is 13.6. The molecule has 0 rings (SSSR count). The normalized spacial score (nSPS) is 11.3. The zero-order valence-electron chi connectivity index (χ0n) is 11.5. The fourth-order valence-corrected chi connectivity index (χ4v) is 1.30. The Morgan fingerprint density at radius 2 is 1.85 bits per heavy atom. The summed E-state index contributed by atoms with van der Waals surface area (Å²) >= 11 is 0. The van der Waals surface area contributed by atoms with Crippen LogP contribution in [0.15, 0.2) is 0 Å². The lowest BCUT2D eigenvalue weighted by molar-refractivity contribution is -0.139. The molecule has 0 fully saturated rings. The van der Waals surface area contributed by atoms with Crippen LogP contribution in [0, 0.1) is 0 Å². The average molecular weight is 288 g/mol. The highest BCUT2D eigenvalue weighted by molar-refractivity contribution is 5.83. The van der Waals surface area contributed by atoms with Crippen molar-refractivity contribution in [3.63, 3.8) is 0 Å². The van der Waals surface area contributed by atoms with E-state index in [9.17, 15) is 19.2 Å². The third kappa shape index (κ3) is 7.19. The van der Waals surface area contributed by atoms with Gasteiger partial charge in [0.1, 0.15) is 6.04 Å². The van der Waals surface area contributed by atoms with Crippen LogP contribution in [-0.4, -0.2) is 60.5 Å². The van der Waals surface area contributed by atoms with Crippen LogP contribution in [0.4, 0.5) is 4.79 Å². The minimum atomic E-state index is -1.25. The number of hydrogen-bond donors (Lipinski definition) is 4. The third-order valence-electron chi connectivity index (χ3n) is 2.58. The van der Waals surface area contributed by atoms with Crippen molar-refractivity contribution < 1.29 is 24.3 Å². The first-order chi connectivity index (χ1) is 9.27. The number of nitrogens with two attached hydrogens (primary N) is 1. The molecule has 0 aliphatic heterocycles. The average Bonchev–Trinajstić information content (AvgIpc) is 2.39. The molecule has 0 saturated heterocycles. The smallest absolute Gasteiger partial charge is 0.326 e. The highest BCUT2D eigenvalue weighted by atomic mass is 16.4. The topological polar surface area (TPSA) is 142 Å². The molecular weight excluding hydrogens is 268 g/mol. The van der Waals surface area contributed by atoms with Gasteiger partial charge in [0, 0.05) is 33.5 Å². The molecule has 9 nitrogen and oxygen atoms in total. The fourth-order valence-electron chi connectivity index (χ4n) is 1.30. The van der Waals surface area contributed by atoms with Gasteiger partial charge < -0.3 is 26.4 Å². The van der Waals surface area contributed by atoms with Gasteiger partial charge in [-0.15, -0.1) is 0 Å². The van der Waals surface area contributed by atoms with E-state index in [2.05, 4.69) is 10.6 Å². The lowest BCUT2D eigenvalue weighted by atomic mass is 10.1. The maximum atomic E-state index is 11.7. The molecule has 20 heavy (non-hydrogen) atoms. The van der Waals surface area contributed by atoms with E-state index in [-0.39, 0.29) is 31.7 Å². The van der Waals surface area contributed by atoms with Gasteiger partial charge in [0.2, 0.25) is 11.8 Å². The van der Waals surface area contributed by atoms with Crippen LogP contribution in [-0.2, 0) is 14.4 Å². The van der Waals surface area contributed by atoms with E-state index in [1.165, 1.54) is 19.0 Å². The largest absolute Gasteiger partial charge is 0.480 e. The number of urea groups is 1. The van der Waals surface area contributed by atoms with Crippen molar-refractivity contribution in [1.29, 1.82) is 0 Å². The number of carbonyl (C=O) groups is 4. The lowest BCUT2D eigenvalue weighted by Crippen LogP contribution is -2.47. The first kappa shape index (κ1) is 17.7. The summed E-state index contributed by atoms with van der Waals surface area (Å²) in [5.41, 5.74) is 4.93. The second-order valence-electron chi connectivity index (χ2n) is 4.19. The Hall–Kier alpha value is -2.32. The highest BCUT2D eigenvalue weighted by Crippen LogP contribution is 1.99. The summed E-state index contributed by atoms with van der Waals surface area (Å²) in [5.74, 6) is -2.12.